The minimum atomic E-state index is -5.12. The molecule has 0 spiro atoms. The first kappa shape index (κ1) is 37.2. The zero-order chi connectivity index (χ0) is 30.7. The third-order valence-corrected chi connectivity index (χ3v) is 7.75. The predicted octanol–water partition coefficient (Wildman–Crippen LogP) is -1.89. The van der Waals surface area contributed by atoms with E-state index < -0.39 is 42.1 Å². The number of benzene rings is 4. The van der Waals surface area contributed by atoms with Gasteiger partial charge < -0.3 is 20.6 Å². The number of anilines is 4. The van der Waals surface area contributed by atoms with Crippen molar-refractivity contribution in [2.24, 2.45) is 11.5 Å². The van der Waals surface area contributed by atoms with Gasteiger partial charge in [0.15, 0.2) is 0 Å². The molecule has 0 atom stereocenters. The molecule has 4 N–H and O–H groups in total. The van der Waals surface area contributed by atoms with Crippen molar-refractivity contribution < 1.29 is 94.6 Å². The fourth-order valence-electron chi connectivity index (χ4n) is 4.17. The normalized spacial score (nSPS) is 11.2. The zero-order valence-electron chi connectivity index (χ0n) is 23.5. The number of amides is 4. The summed E-state index contributed by atoms with van der Waals surface area (Å²) >= 11 is 0. The van der Waals surface area contributed by atoms with Gasteiger partial charge in [-0.3, -0.25) is 9.80 Å². The van der Waals surface area contributed by atoms with Crippen LogP contribution in [0.5, 0.6) is 0 Å². The number of nitrogens with zero attached hydrogens (tertiary/aromatic N) is 2. The number of hydrogen-bond acceptors (Lipinski definition) is 8. The molecule has 0 aliphatic heterocycles. The van der Waals surface area contributed by atoms with Gasteiger partial charge in [-0.25, -0.2) is 26.4 Å². The second-order valence-corrected chi connectivity index (χ2v) is 11.4. The Hall–Kier alpha value is -3.02. The largest absolute Gasteiger partial charge is 1.00 e. The topological polar surface area (TPSA) is 207 Å². The molecule has 0 bridgehead atoms. The van der Waals surface area contributed by atoms with Crippen LogP contribution in [0.3, 0.4) is 0 Å². The van der Waals surface area contributed by atoms with Crippen molar-refractivity contribution in [3.63, 3.8) is 0 Å². The van der Waals surface area contributed by atoms with Crippen LogP contribution in [0.1, 0.15) is 11.1 Å². The van der Waals surface area contributed by atoms with E-state index in [1.54, 1.807) is 60.7 Å². The molecule has 0 saturated heterocycles. The molecule has 4 amide bonds. The van der Waals surface area contributed by atoms with Gasteiger partial charge >= 0.3 is 71.2 Å². The third kappa shape index (κ3) is 8.79. The van der Waals surface area contributed by atoms with Crippen molar-refractivity contribution in [1.29, 1.82) is 0 Å². The number of carbonyl (C=O) groups excluding carboxylic acids is 2. The van der Waals surface area contributed by atoms with Crippen LogP contribution in [0, 0.1) is 0 Å². The second-order valence-electron chi connectivity index (χ2n) is 8.70. The van der Waals surface area contributed by atoms with Crippen molar-refractivity contribution in [2.45, 2.75) is 9.79 Å². The fourth-order valence-corrected chi connectivity index (χ4v) is 5.55. The van der Waals surface area contributed by atoms with Crippen molar-refractivity contribution >= 4 is 67.2 Å². The molecule has 4 rings (SSSR count). The van der Waals surface area contributed by atoms with Gasteiger partial charge in [0.25, 0.3) is 0 Å². The minimum absolute atomic E-state index is 0. The van der Waals surface area contributed by atoms with Gasteiger partial charge in [-0.05, 0) is 59.7 Å². The molecule has 216 valence electrons. The number of primary amides is 2. The van der Waals surface area contributed by atoms with E-state index in [4.69, 9.17) is 11.5 Å². The van der Waals surface area contributed by atoms with E-state index in [1.165, 1.54) is 24.3 Å². The van der Waals surface area contributed by atoms with Crippen molar-refractivity contribution in [1.82, 2.24) is 0 Å². The standard InChI is InChI=1S/C28H24N4O8S2.2Na/c29-27(33)31(21-7-3-1-4-8-21)23-15-13-19(25(17-23)41(35,36)37)11-12-20-14-16-24(18-26(20)42(38,39)40)32(28(30)34)22-9-5-2-6-10-22;;/h1-18H,(H2,29,33)(H2,30,34)(H,35,36,37)(H,38,39,40);;/q;2*+1/p-2. The van der Waals surface area contributed by atoms with Gasteiger partial charge in [0.1, 0.15) is 20.2 Å². The molecule has 16 heteroatoms. The summed E-state index contributed by atoms with van der Waals surface area (Å²) < 4.78 is 73.0. The van der Waals surface area contributed by atoms with Gasteiger partial charge in [0.05, 0.1) is 32.5 Å². The Balaban J connectivity index is 0.00000337. The average molecular weight is 653 g/mol. The molecule has 44 heavy (non-hydrogen) atoms. The first-order valence-corrected chi connectivity index (χ1v) is 14.8. The minimum Gasteiger partial charge on any atom is -0.744 e. The number of hydrogen-bond donors (Lipinski definition) is 2. The van der Waals surface area contributed by atoms with E-state index in [-0.39, 0.29) is 81.6 Å². The Morgan fingerprint density at radius 1 is 0.545 bits per heavy atom. The summed E-state index contributed by atoms with van der Waals surface area (Å²) in [5, 5.41) is 0. The van der Waals surface area contributed by atoms with Gasteiger partial charge in [-0.1, -0.05) is 60.7 Å². The Labute approximate surface area is 298 Å². The van der Waals surface area contributed by atoms with Crippen LogP contribution >= 0.6 is 0 Å². The summed E-state index contributed by atoms with van der Waals surface area (Å²) in [5.41, 5.74) is 11.3. The smallest absolute Gasteiger partial charge is 0.744 e. The maximum absolute atomic E-state index is 12.2. The van der Waals surface area contributed by atoms with Gasteiger partial charge in [-0.15, -0.1) is 0 Å². The summed E-state index contributed by atoms with van der Waals surface area (Å²) in [6.45, 7) is 0. The molecule has 12 nitrogen and oxygen atoms in total. The van der Waals surface area contributed by atoms with Crippen LogP contribution in [0.2, 0.25) is 0 Å². The maximum atomic E-state index is 12.2. The number of urea groups is 2. The van der Waals surface area contributed by atoms with Crippen LogP contribution in [0.15, 0.2) is 107 Å². The Morgan fingerprint density at radius 3 is 1.14 bits per heavy atom. The summed E-state index contributed by atoms with van der Waals surface area (Å²) in [7, 11) is -10.2. The Bertz CT molecular complexity index is 1770. The summed E-state index contributed by atoms with van der Waals surface area (Å²) in [6, 6.07) is 21.3. The Morgan fingerprint density at radius 2 is 0.864 bits per heavy atom. The molecule has 0 fully saturated rings. The van der Waals surface area contributed by atoms with Gasteiger partial charge in [0, 0.05) is 0 Å². The quantitative estimate of drug-likeness (QED) is 0.125. The van der Waals surface area contributed by atoms with Crippen molar-refractivity contribution in [2.75, 3.05) is 9.80 Å². The second kappa shape index (κ2) is 15.3. The molecule has 0 aliphatic carbocycles. The van der Waals surface area contributed by atoms with Crippen LogP contribution < -0.4 is 80.4 Å². The predicted molar refractivity (Wildman–Crippen MR) is 154 cm³/mol. The molecule has 0 aromatic heterocycles. The summed E-state index contributed by atoms with van der Waals surface area (Å²) in [4.78, 5) is 24.9. The number of carbonyl (C=O) groups is 2. The van der Waals surface area contributed by atoms with Gasteiger partial charge in [0.2, 0.25) is 0 Å². The van der Waals surface area contributed by atoms with E-state index in [9.17, 15) is 35.5 Å². The molecule has 0 unspecified atom stereocenters. The number of para-hydroxylation sites is 2. The zero-order valence-corrected chi connectivity index (χ0v) is 29.2. The maximum Gasteiger partial charge on any atom is 1.00 e. The SMILES string of the molecule is NC(=O)N(c1ccccc1)c1ccc(C=Cc2ccc(N(C(N)=O)c3ccccc3)cc2S(=O)(=O)[O-])c(S(=O)(=O)[O-])c1.[Na+].[Na+]. The average Bonchev–Trinajstić information content (AvgIpc) is 2.92. The summed E-state index contributed by atoms with van der Waals surface area (Å²) in [6.07, 6.45) is 2.25. The van der Waals surface area contributed by atoms with Crippen LogP contribution in [0.25, 0.3) is 12.2 Å². The molecule has 0 radical (unpaired) electrons. The molecule has 4 aromatic carbocycles. The molecule has 0 heterocycles. The molecular weight excluding hydrogens is 630 g/mol. The molecule has 4 aromatic rings. The van der Waals surface area contributed by atoms with Crippen molar-refractivity contribution in [3.8, 4) is 0 Å². The van der Waals surface area contributed by atoms with Crippen molar-refractivity contribution in [3.05, 3.63) is 108 Å². The number of nitrogens with two attached hydrogens (primary N) is 2. The number of rotatable bonds is 8. The van der Waals surface area contributed by atoms with E-state index in [2.05, 4.69) is 0 Å². The van der Waals surface area contributed by atoms with Crippen LogP contribution in [0.4, 0.5) is 32.3 Å². The monoisotopic (exact) mass is 652 g/mol. The summed E-state index contributed by atoms with van der Waals surface area (Å²) in [5.74, 6) is 0. The first-order chi connectivity index (χ1) is 19.8. The van der Waals surface area contributed by atoms with Crippen LogP contribution in [-0.2, 0) is 20.2 Å². The molecule has 0 saturated carbocycles. The third-order valence-electron chi connectivity index (χ3n) is 5.96. The Kier molecular flexibility index (Phi) is 12.9. The van der Waals surface area contributed by atoms with E-state index in [0.29, 0.717) is 11.4 Å². The molecular formula is C28H22N4Na2O8S2. The van der Waals surface area contributed by atoms with E-state index in [1.807, 2.05) is 0 Å². The molecule has 0 aliphatic rings. The van der Waals surface area contributed by atoms with Crippen LogP contribution in [-0.4, -0.2) is 38.0 Å². The van der Waals surface area contributed by atoms with Gasteiger partial charge in [-0.2, -0.15) is 0 Å². The van der Waals surface area contributed by atoms with E-state index >= 15 is 0 Å². The fraction of sp³-hybridized carbons (Fsp3) is 0. The van der Waals surface area contributed by atoms with E-state index in [0.717, 1.165) is 34.1 Å². The first-order valence-electron chi connectivity index (χ1n) is 11.9.